The number of alkyl halides is 3. The number of nitrogen functional groups attached to an aromatic ring is 1. The lowest BCUT2D eigenvalue weighted by atomic mass is 10.0. The van der Waals surface area contributed by atoms with Crippen molar-refractivity contribution in [2.24, 2.45) is 0 Å². The van der Waals surface area contributed by atoms with Gasteiger partial charge in [0.2, 0.25) is 5.95 Å². The Morgan fingerprint density at radius 1 is 1.36 bits per heavy atom. The average Bonchev–Trinajstić information content (AvgIpc) is 2.98. The second-order valence-electron chi connectivity index (χ2n) is 5.81. The van der Waals surface area contributed by atoms with E-state index in [9.17, 15) is 13.2 Å². The van der Waals surface area contributed by atoms with Crippen molar-refractivity contribution in [3.8, 4) is 0 Å². The highest BCUT2D eigenvalue weighted by Crippen LogP contribution is 2.34. The molecular formula is C14H17ClF3N7. The molecule has 0 spiro atoms. The highest BCUT2D eigenvalue weighted by atomic mass is 35.5. The quantitative estimate of drug-likeness (QED) is 0.758. The number of nitrogens with zero attached hydrogens (tertiary/aromatic N) is 4. The smallest absolute Gasteiger partial charge is 0.367 e. The summed E-state index contributed by atoms with van der Waals surface area (Å²) >= 11 is 6.00. The van der Waals surface area contributed by atoms with Gasteiger partial charge in [0.05, 0.1) is 17.1 Å². The van der Waals surface area contributed by atoms with Crippen molar-refractivity contribution in [3.05, 3.63) is 28.7 Å². The van der Waals surface area contributed by atoms with Crippen LogP contribution < -0.4 is 16.0 Å². The van der Waals surface area contributed by atoms with E-state index in [4.69, 9.17) is 17.3 Å². The van der Waals surface area contributed by atoms with Crippen molar-refractivity contribution >= 4 is 23.4 Å². The maximum absolute atomic E-state index is 12.7. The van der Waals surface area contributed by atoms with Gasteiger partial charge in [-0.3, -0.25) is 5.10 Å². The van der Waals surface area contributed by atoms with Crippen LogP contribution in [-0.2, 0) is 12.7 Å². The second kappa shape index (κ2) is 7.04. The van der Waals surface area contributed by atoms with E-state index in [1.807, 2.05) is 4.90 Å². The molecule has 2 aromatic rings. The van der Waals surface area contributed by atoms with Gasteiger partial charge < -0.3 is 16.0 Å². The molecule has 0 atom stereocenters. The van der Waals surface area contributed by atoms with E-state index in [-0.39, 0.29) is 17.0 Å². The average molecular weight is 376 g/mol. The zero-order valence-corrected chi connectivity index (χ0v) is 13.9. The van der Waals surface area contributed by atoms with Crippen molar-refractivity contribution in [3.63, 3.8) is 0 Å². The number of aromatic amines is 1. The van der Waals surface area contributed by atoms with Crippen molar-refractivity contribution in [1.82, 2.24) is 25.5 Å². The van der Waals surface area contributed by atoms with Crippen LogP contribution in [0, 0.1) is 0 Å². The summed E-state index contributed by atoms with van der Waals surface area (Å²) in [7, 11) is 0. The number of aromatic nitrogens is 4. The molecule has 1 aliphatic heterocycles. The molecule has 3 rings (SSSR count). The predicted octanol–water partition coefficient (Wildman–Crippen LogP) is 2.21. The van der Waals surface area contributed by atoms with E-state index in [0.29, 0.717) is 31.3 Å². The standard InChI is InChI=1S/C14H17ClF3N7/c15-10-5-8(14(16,17)18)6-21-12(10)25-3-1-9(2-4-25)20-7-11-22-13(19)24-23-11/h5-6,9,20H,1-4,7H2,(H3,19,22,23,24). The number of nitrogens with two attached hydrogens (primary N) is 1. The van der Waals surface area contributed by atoms with Crippen LogP contribution in [0.1, 0.15) is 24.2 Å². The van der Waals surface area contributed by atoms with Gasteiger partial charge in [0.25, 0.3) is 0 Å². The number of anilines is 2. The minimum Gasteiger partial charge on any atom is -0.367 e. The van der Waals surface area contributed by atoms with E-state index >= 15 is 0 Å². The van der Waals surface area contributed by atoms with Crippen molar-refractivity contribution in [2.75, 3.05) is 23.7 Å². The number of halogens is 4. The Morgan fingerprint density at radius 2 is 2.08 bits per heavy atom. The number of hydrogen-bond donors (Lipinski definition) is 3. The van der Waals surface area contributed by atoms with Crippen LogP contribution in [0.4, 0.5) is 24.9 Å². The summed E-state index contributed by atoms with van der Waals surface area (Å²) in [5.74, 6) is 1.25. The Hall–Kier alpha value is -2.07. The Balaban J connectivity index is 1.55. The van der Waals surface area contributed by atoms with E-state index < -0.39 is 11.7 Å². The molecule has 0 bridgehead atoms. The molecule has 0 aliphatic carbocycles. The fraction of sp³-hybridized carbons (Fsp3) is 0.500. The number of piperidine rings is 1. The molecule has 0 unspecified atom stereocenters. The van der Waals surface area contributed by atoms with Crippen LogP contribution in [0.3, 0.4) is 0 Å². The summed E-state index contributed by atoms with van der Waals surface area (Å²) < 4.78 is 38.0. The maximum Gasteiger partial charge on any atom is 0.417 e. The molecule has 2 aromatic heterocycles. The first-order chi connectivity index (χ1) is 11.8. The molecule has 1 fully saturated rings. The minimum absolute atomic E-state index is 0.0124. The highest BCUT2D eigenvalue weighted by Gasteiger charge is 2.32. The molecule has 0 radical (unpaired) electrons. The topological polar surface area (TPSA) is 95.7 Å². The first kappa shape index (κ1) is 17.7. The van der Waals surface area contributed by atoms with E-state index in [0.717, 1.165) is 25.1 Å². The normalized spacial score (nSPS) is 16.4. The number of nitrogens with one attached hydrogen (secondary N) is 2. The maximum atomic E-state index is 12.7. The molecular weight excluding hydrogens is 359 g/mol. The summed E-state index contributed by atoms with van der Waals surface area (Å²) in [5, 5.41) is 9.84. The van der Waals surface area contributed by atoms with E-state index in [1.165, 1.54) is 0 Å². The van der Waals surface area contributed by atoms with Crippen LogP contribution in [0.2, 0.25) is 5.02 Å². The number of rotatable bonds is 4. The lowest BCUT2D eigenvalue weighted by molar-refractivity contribution is -0.137. The molecule has 25 heavy (non-hydrogen) atoms. The van der Waals surface area contributed by atoms with Gasteiger partial charge in [0, 0.05) is 25.3 Å². The van der Waals surface area contributed by atoms with Crippen LogP contribution in [0.5, 0.6) is 0 Å². The van der Waals surface area contributed by atoms with Gasteiger partial charge in [0.15, 0.2) is 0 Å². The Morgan fingerprint density at radius 3 is 2.64 bits per heavy atom. The highest BCUT2D eigenvalue weighted by molar-refractivity contribution is 6.33. The zero-order valence-electron chi connectivity index (χ0n) is 13.1. The van der Waals surface area contributed by atoms with Crippen molar-refractivity contribution in [2.45, 2.75) is 31.6 Å². The summed E-state index contributed by atoms with van der Waals surface area (Å²) in [6, 6.07) is 1.18. The van der Waals surface area contributed by atoms with Gasteiger partial charge in [-0.15, -0.1) is 5.10 Å². The summed E-state index contributed by atoms with van der Waals surface area (Å²) in [6.45, 7) is 1.82. The fourth-order valence-corrected chi connectivity index (χ4v) is 3.03. The van der Waals surface area contributed by atoms with Gasteiger partial charge in [0.1, 0.15) is 11.6 Å². The monoisotopic (exact) mass is 375 g/mol. The molecule has 0 amide bonds. The van der Waals surface area contributed by atoms with E-state index in [2.05, 4.69) is 25.5 Å². The van der Waals surface area contributed by atoms with Gasteiger partial charge >= 0.3 is 6.18 Å². The first-order valence-electron chi connectivity index (χ1n) is 7.71. The molecule has 136 valence electrons. The predicted molar refractivity (Wildman–Crippen MR) is 87.1 cm³/mol. The van der Waals surface area contributed by atoms with Crippen LogP contribution in [-0.4, -0.2) is 39.3 Å². The first-order valence-corrected chi connectivity index (χ1v) is 8.08. The molecule has 0 saturated carbocycles. The third kappa shape index (κ3) is 4.31. The van der Waals surface area contributed by atoms with Gasteiger partial charge in [-0.05, 0) is 18.9 Å². The SMILES string of the molecule is Nc1n[nH]c(CNC2CCN(c3ncc(C(F)(F)F)cc3Cl)CC2)n1. The largest absolute Gasteiger partial charge is 0.417 e. The molecule has 11 heteroatoms. The number of pyridine rings is 1. The minimum atomic E-state index is -4.45. The van der Waals surface area contributed by atoms with Crippen molar-refractivity contribution < 1.29 is 13.2 Å². The van der Waals surface area contributed by atoms with Gasteiger partial charge in [-0.25, -0.2) is 4.98 Å². The molecule has 7 nitrogen and oxygen atoms in total. The Bertz CT molecular complexity index is 725. The third-order valence-electron chi connectivity index (χ3n) is 4.05. The Labute approximate surface area is 146 Å². The molecule has 0 aromatic carbocycles. The van der Waals surface area contributed by atoms with E-state index in [1.54, 1.807) is 0 Å². The summed E-state index contributed by atoms with van der Waals surface area (Å²) in [4.78, 5) is 9.82. The fourth-order valence-electron chi connectivity index (χ4n) is 2.74. The lowest BCUT2D eigenvalue weighted by Crippen LogP contribution is -2.42. The molecule has 1 aliphatic rings. The van der Waals surface area contributed by atoms with Gasteiger partial charge in [-0.1, -0.05) is 11.6 Å². The van der Waals surface area contributed by atoms with Crippen molar-refractivity contribution in [1.29, 1.82) is 0 Å². The molecule has 4 N–H and O–H groups in total. The third-order valence-corrected chi connectivity index (χ3v) is 4.33. The van der Waals surface area contributed by atoms with Crippen LogP contribution in [0.25, 0.3) is 0 Å². The second-order valence-corrected chi connectivity index (χ2v) is 6.22. The zero-order chi connectivity index (χ0) is 18.0. The van der Waals surface area contributed by atoms with Crippen LogP contribution >= 0.6 is 11.6 Å². The van der Waals surface area contributed by atoms with Crippen LogP contribution in [0.15, 0.2) is 12.3 Å². The Kier molecular flexibility index (Phi) is 5.00. The summed E-state index contributed by atoms with van der Waals surface area (Å²) in [6.07, 6.45) is -2.01. The molecule has 3 heterocycles. The number of H-pyrrole nitrogens is 1. The molecule has 1 saturated heterocycles. The number of hydrogen-bond acceptors (Lipinski definition) is 6. The lowest BCUT2D eigenvalue weighted by Gasteiger charge is -2.33. The van der Waals surface area contributed by atoms with Gasteiger partial charge in [-0.2, -0.15) is 18.2 Å². The summed E-state index contributed by atoms with van der Waals surface area (Å²) in [5.41, 5.74) is 4.60.